The SMILES string of the molecule is CCOc1ccc(NC(=O)NCC2(Cn3cccn3)CC2)cc1C(F)(F)F. The van der Waals surface area contributed by atoms with Crippen LogP contribution < -0.4 is 15.4 Å². The molecule has 0 saturated heterocycles. The molecule has 6 nitrogen and oxygen atoms in total. The molecule has 146 valence electrons. The lowest BCUT2D eigenvalue weighted by atomic mass is 10.1. The Morgan fingerprint density at radius 2 is 2.15 bits per heavy atom. The predicted molar refractivity (Wildman–Crippen MR) is 93.5 cm³/mol. The molecule has 1 aromatic heterocycles. The van der Waals surface area contributed by atoms with Crippen LogP contribution in [-0.4, -0.2) is 29.0 Å². The summed E-state index contributed by atoms with van der Waals surface area (Å²) in [6.45, 7) is 2.86. The highest BCUT2D eigenvalue weighted by molar-refractivity contribution is 5.89. The molecule has 0 aliphatic heterocycles. The first kappa shape index (κ1) is 19.1. The average Bonchev–Trinajstić information content (AvgIpc) is 3.17. The Hall–Kier alpha value is -2.71. The van der Waals surface area contributed by atoms with Crippen LogP contribution in [0.15, 0.2) is 36.7 Å². The molecule has 9 heteroatoms. The number of hydrogen-bond acceptors (Lipinski definition) is 3. The number of nitrogens with one attached hydrogen (secondary N) is 2. The normalized spacial score (nSPS) is 15.3. The molecule has 2 aromatic rings. The van der Waals surface area contributed by atoms with Crippen LogP contribution in [0.3, 0.4) is 0 Å². The van der Waals surface area contributed by atoms with Crippen molar-refractivity contribution in [2.45, 2.75) is 32.5 Å². The largest absolute Gasteiger partial charge is 0.493 e. The van der Waals surface area contributed by atoms with E-state index in [1.807, 2.05) is 16.9 Å². The van der Waals surface area contributed by atoms with Crippen molar-refractivity contribution in [1.29, 1.82) is 0 Å². The van der Waals surface area contributed by atoms with E-state index in [0.29, 0.717) is 13.1 Å². The van der Waals surface area contributed by atoms with Gasteiger partial charge >= 0.3 is 12.2 Å². The summed E-state index contributed by atoms with van der Waals surface area (Å²) in [5.41, 5.74) is -0.904. The van der Waals surface area contributed by atoms with Crippen LogP contribution in [0.2, 0.25) is 0 Å². The number of carbonyl (C=O) groups excluding carboxylic acids is 1. The van der Waals surface area contributed by atoms with Gasteiger partial charge in [0, 0.05) is 36.6 Å². The standard InChI is InChI=1S/C18H21F3N4O2/c1-2-27-15-5-4-13(10-14(15)18(19,20)21)24-16(26)22-11-17(6-7-17)12-25-9-3-8-23-25/h3-5,8-10H,2,6-7,11-12H2,1H3,(H2,22,24,26). The Morgan fingerprint density at radius 1 is 1.37 bits per heavy atom. The quantitative estimate of drug-likeness (QED) is 0.763. The summed E-state index contributed by atoms with van der Waals surface area (Å²) in [7, 11) is 0. The summed E-state index contributed by atoms with van der Waals surface area (Å²) >= 11 is 0. The van der Waals surface area contributed by atoms with Gasteiger partial charge in [-0.2, -0.15) is 18.3 Å². The van der Waals surface area contributed by atoms with Crippen molar-refractivity contribution in [3.63, 3.8) is 0 Å². The molecule has 0 unspecified atom stereocenters. The van der Waals surface area contributed by atoms with Crippen molar-refractivity contribution in [3.8, 4) is 5.75 Å². The maximum Gasteiger partial charge on any atom is 0.420 e. The highest BCUT2D eigenvalue weighted by Gasteiger charge is 2.43. The van der Waals surface area contributed by atoms with Crippen LogP contribution in [0.4, 0.5) is 23.7 Å². The van der Waals surface area contributed by atoms with Crippen molar-refractivity contribution in [2.75, 3.05) is 18.5 Å². The number of urea groups is 1. The number of alkyl halides is 3. The maximum atomic E-state index is 13.2. The molecule has 0 spiro atoms. The number of aromatic nitrogens is 2. The lowest BCUT2D eigenvalue weighted by Crippen LogP contribution is -2.35. The summed E-state index contributed by atoms with van der Waals surface area (Å²) in [6.07, 6.45) is 0.919. The molecule has 0 bridgehead atoms. The van der Waals surface area contributed by atoms with E-state index in [1.165, 1.54) is 12.1 Å². The fraction of sp³-hybridized carbons (Fsp3) is 0.444. The lowest BCUT2D eigenvalue weighted by Gasteiger charge is -2.17. The van der Waals surface area contributed by atoms with Gasteiger partial charge < -0.3 is 15.4 Å². The van der Waals surface area contributed by atoms with E-state index in [2.05, 4.69) is 15.7 Å². The zero-order chi connectivity index (χ0) is 19.5. The van der Waals surface area contributed by atoms with Crippen LogP contribution in [0, 0.1) is 5.41 Å². The lowest BCUT2D eigenvalue weighted by molar-refractivity contribution is -0.138. The molecule has 1 aromatic carbocycles. The molecule has 2 N–H and O–H groups in total. The van der Waals surface area contributed by atoms with Gasteiger partial charge in [0.25, 0.3) is 0 Å². The Kier molecular flexibility index (Phi) is 5.29. The minimum Gasteiger partial charge on any atom is -0.493 e. The van der Waals surface area contributed by atoms with Crippen molar-refractivity contribution in [1.82, 2.24) is 15.1 Å². The van der Waals surface area contributed by atoms with Gasteiger partial charge in [0.1, 0.15) is 5.75 Å². The number of nitrogens with zero attached hydrogens (tertiary/aromatic N) is 2. The number of benzene rings is 1. The van der Waals surface area contributed by atoms with Gasteiger partial charge in [0.05, 0.1) is 12.2 Å². The summed E-state index contributed by atoms with van der Waals surface area (Å²) in [4.78, 5) is 12.1. The van der Waals surface area contributed by atoms with E-state index in [9.17, 15) is 18.0 Å². The van der Waals surface area contributed by atoms with Gasteiger partial charge in [0.15, 0.2) is 0 Å². The number of ether oxygens (including phenoxy) is 1. The van der Waals surface area contributed by atoms with Crippen LogP contribution >= 0.6 is 0 Å². The van der Waals surface area contributed by atoms with E-state index in [1.54, 1.807) is 13.1 Å². The second-order valence-corrected chi connectivity index (χ2v) is 6.65. The minimum absolute atomic E-state index is 0.0423. The number of rotatable bonds is 7. The highest BCUT2D eigenvalue weighted by atomic mass is 19.4. The number of amides is 2. The summed E-state index contributed by atoms with van der Waals surface area (Å²) in [6, 6.07) is 4.76. The first-order chi connectivity index (χ1) is 12.8. The summed E-state index contributed by atoms with van der Waals surface area (Å²) in [5, 5.41) is 9.36. The number of anilines is 1. The molecule has 0 radical (unpaired) electrons. The first-order valence-corrected chi connectivity index (χ1v) is 8.68. The molecule has 1 aliphatic carbocycles. The van der Waals surface area contributed by atoms with E-state index in [0.717, 1.165) is 18.9 Å². The molecule has 1 heterocycles. The van der Waals surface area contributed by atoms with Crippen molar-refractivity contribution in [3.05, 3.63) is 42.2 Å². The molecule has 3 rings (SSSR count). The maximum absolute atomic E-state index is 13.2. The van der Waals surface area contributed by atoms with Crippen LogP contribution in [0.25, 0.3) is 0 Å². The van der Waals surface area contributed by atoms with E-state index >= 15 is 0 Å². The average molecular weight is 382 g/mol. The number of carbonyl (C=O) groups is 1. The van der Waals surface area contributed by atoms with Gasteiger partial charge in [-0.3, -0.25) is 4.68 Å². The topological polar surface area (TPSA) is 68.2 Å². The second kappa shape index (κ2) is 7.50. The molecule has 0 atom stereocenters. The third-order valence-corrected chi connectivity index (χ3v) is 4.48. The monoisotopic (exact) mass is 382 g/mol. The van der Waals surface area contributed by atoms with E-state index in [-0.39, 0.29) is 23.5 Å². The van der Waals surface area contributed by atoms with Gasteiger partial charge in [-0.25, -0.2) is 4.79 Å². The Bertz CT molecular complexity index is 786. The molecular weight excluding hydrogens is 361 g/mol. The number of halogens is 3. The van der Waals surface area contributed by atoms with Crippen LogP contribution in [0.1, 0.15) is 25.3 Å². The van der Waals surface area contributed by atoms with Gasteiger partial charge in [-0.05, 0) is 44.0 Å². The highest BCUT2D eigenvalue weighted by Crippen LogP contribution is 2.46. The third-order valence-electron chi connectivity index (χ3n) is 4.48. The Labute approximate surface area is 154 Å². The van der Waals surface area contributed by atoms with E-state index < -0.39 is 17.8 Å². The number of hydrogen-bond donors (Lipinski definition) is 2. The predicted octanol–water partition coefficient (Wildman–Crippen LogP) is 3.90. The molecule has 1 aliphatic rings. The van der Waals surface area contributed by atoms with Gasteiger partial charge in [-0.1, -0.05) is 0 Å². The zero-order valence-electron chi connectivity index (χ0n) is 14.8. The Balaban J connectivity index is 1.59. The second-order valence-electron chi connectivity index (χ2n) is 6.65. The zero-order valence-corrected chi connectivity index (χ0v) is 14.8. The Morgan fingerprint density at radius 3 is 2.74 bits per heavy atom. The van der Waals surface area contributed by atoms with Crippen LogP contribution in [0.5, 0.6) is 5.75 Å². The summed E-state index contributed by atoms with van der Waals surface area (Å²) < 4.78 is 46.3. The van der Waals surface area contributed by atoms with Gasteiger partial charge in [-0.15, -0.1) is 0 Å². The van der Waals surface area contributed by atoms with E-state index in [4.69, 9.17) is 4.74 Å². The van der Waals surface area contributed by atoms with Gasteiger partial charge in [0.2, 0.25) is 0 Å². The fourth-order valence-electron chi connectivity index (χ4n) is 2.86. The van der Waals surface area contributed by atoms with Crippen molar-refractivity contribution < 1.29 is 22.7 Å². The molecule has 1 saturated carbocycles. The van der Waals surface area contributed by atoms with Crippen molar-refractivity contribution >= 4 is 11.7 Å². The first-order valence-electron chi connectivity index (χ1n) is 8.68. The summed E-state index contributed by atoms with van der Waals surface area (Å²) in [5.74, 6) is -0.257. The van der Waals surface area contributed by atoms with Crippen molar-refractivity contribution in [2.24, 2.45) is 5.41 Å². The molecule has 1 fully saturated rings. The smallest absolute Gasteiger partial charge is 0.420 e. The molecular formula is C18H21F3N4O2. The van der Waals surface area contributed by atoms with Crippen LogP contribution in [-0.2, 0) is 12.7 Å². The third kappa shape index (κ3) is 4.93. The molecule has 27 heavy (non-hydrogen) atoms. The minimum atomic E-state index is -4.57. The molecule has 2 amide bonds. The fourth-order valence-corrected chi connectivity index (χ4v) is 2.86.